The minimum atomic E-state index is -0.338. The molecule has 4 nitrogen and oxygen atoms in total. The van der Waals surface area contributed by atoms with Crippen molar-refractivity contribution in [2.45, 2.75) is 44.4 Å². The average molecular weight is 308 g/mol. The minimum absolute atomic E-state index is 0.00900. The normalized spacial score (nSPS) is 22.5. The van der Waals surface area contributed by atoms with Gasteiger partial charge in [-0.25, -0.2) is 4.39 Å². The summed E-state index contributed by atoms with van der Waals surface area (Å²) in [5.41, 5.74) is 0.684. The van der Waals surface area contributed by atoms with E-state index >= 15 is 0 Å². The second-order valence-corrected chi connectivity index (χ2v) is 5.95. The van der Waals surface area contributed by atoms with Gasteiger partial charge in [0.05, 0.1) is 6.10 Å². The highest BCUT2D eigenvalue weighted by atomic mass is 19.1. The first-order valence-corrected chi connectivity index (χ1v) is 7.87. The molecular weight excluding hydrogens is 283 g/mol. The molecule has 122 valence electrons. The van der Waals surface area contributed by atoms with Crippen molar-refractivity contribution in [3.63, 3.8) is 0 Å². The van der Waals surface area contributed by atoms with Crippen LogP contribution in [0.3, 0.4) is 0 Å². The van der Waals surface area contributed by atoms with Crippen molar-refractivity contribution in [1.29, 1.82) is 0 Å². The fraction of sp³-hybridized carbons (Fsp3) is 0.588. The molecule has 1 N–H and O–H groups in total. The van der Waals surface area contributed by atoms with E-state index in [1.807, 2.05) is 19.1 Å². The van der Waals surface area contributed by atoms with Crippen molar-refractivity contribution in [3.05, 3.63) is 35.6 Å². The van der Waals surface area contributed by atoms with Crippen LogP contribution >= 0.6 is 0 Å². The van der Waals surface area contributed by atoms with Crippen LogP contribution in [-0.4, -0.2) is 43.7 Å². The van der Waals surface area contributed by atoms with Crippen molar-refractivity contribution < 1.29 is 13.9 Å². The molecule has 1 aliphatic rings. The molecule has 0 radical (unpaired) electrons. The second-order valence-electron chi connectivity index (χ2n) is 5.95. The van der Waals surface area contributed by atoms with Crippen LogP contribution in [0.2, 0.25) is 0 Å². The summed E-state index contributed by atoms with van der Waals surface area (Å²) in [5, 5.41) is 3.37. The first-order valence-electron chi connectivity index (χ1n) is 7.87. The Kier molecular flexibility index (Phi) is 5.91. The Morgan fingerprint density at radius 1 is 1.41 bits per heavy atom. The zero-order chi connectivity index (χ0) is 16.1. The van der Waals surface area contributed by atoms with E-state index in [1.165, 1.54) is 6.07 Å². The summed E-state index contributed by atoms with van der Waals surface area (Å²) >= 11 is 0. The Labute approximate surface area is 131 Å². The van der Waals surface area contributed by atoms with Gasteiger partial charge in [-0.1, -0.05) is 25.1 Å². The van der Waals surface area contributed by atoms with Crippen LogP contribution in [0.5, 0.6) is 0 Å². The molecule has 0 bridgehead atoms. The molecule has 1 amide bonds. The number of halogens is 1. The number of rotatable bonds is 6. The maximum atomic E-state index is 13.9. The van der Waals surface area contributed by atoms with Crippen molar-refractivity contribution >= 4 is 5.91 Å². The van der Waals surface area contributed by atoms with E-state index in [0.717, 1.165) is 19.3 Å². The Morgan fingerprint density at radius 2 is 2.14 bits per heavy atom. The van der Waals surface area contributed by atoms with E-state index < -0.39 is 0 Å². The summed E-state index contributed by atoms with van der Waals surface area (Å²) < 4.78 is 19.7. The number of carbonyl (C=O) groups excluding carboxylic acids is 1. The number of hydrogen-bond donors (Lipinski definition) is 1. The molecule has 3 atom stereocenters. The van der Waals surface area contributed by atoms with Crippen molar-refractivity contribution in [2.75, 3.05) is 20.6 Å². The quantitative estimate of drug-likeness (QED) is 0.878. The molecule has 1 fully saturated rings. The van der Waals surface area contributed by atoms with E-state index in [4.69, 9.17) is 4.74 Å². The van der Waals surface area contributed by atoms with Gasteiger partial charge in [0, 0.05) is 32.2 Å². The molecule has 0 aromatic heterocycles. The number of nitrogens with one attached hydrogen (secondary N) is 1. The fourth-order valence-corrected chi connectivity index (χ4v) is 2.83. The van der Waals surface area contributed by atoms with Crippen molar-refractivity contribution in [2.24, 2.45) is 0 Å². The molecule has 2 rings (SSSR count). The SMILES string of the molecule is CC[C@H](NC[C@H]1CC[C@H](C(=O)N(C)C)O1)c1ccccc1F. The molecule has 0 saturated carbocycles. The molecule has 22 heavy (non-hydrogen) atoms. The highest BCUT2D eigenvalue weighted by Crippen LogP contribution is 2.23. The summed E-state index contributed by atoms with van der Waals surface area (Å²) in [6.45, 7) is 2.65. The molecule has 1 aromatic carbocycles. The van der Waals surface area contributed by atoms with Gasteiger partial charge in [-0.2, -0.15) is 0 Å². The van der Waals surface area contributed by atoms with Gasteiger partial charge >= 0.3 is 0 Å². The summed E-state index contributed by atoms with van der Waals surface area (Å²) in [7, 11) is 3.48. The topological polar surface area (TPSA) is 41.6 Å². The summed E-state index contributed by atoms with van der Waals surface area (Å²) in [6, 6.07) is 6.80. The number of amides is 1. The number of hydrogen-bond acceptors (Lipinski definition) is 3. The van der Waals surface area contributed by atoms with Gasteiger partial charge in [0.2, 0.25) is 0 Å². The van der Waals surface area contributed by atoms with E-state index in [-0.39, 0.29) is 30.0 Å². The van der Waals surface area contributed by atoms with Gasteiger partial charge in [0.1, 0.15) is 11.9 Å². The third-order valence-corrected chi connectivity index (χ3v) is 4.10. The van der Waals surface area contributed by atoms with E-state index in [0.29, 0.717) is 12.1 Å². The standard InChI is InChI=1S/C17H25FN2O2/c1-4-15(13-7-5-6-8-14(13)18)19-11-12-9-10-16(22-12)17(21)20(2)3/h5-8,12,15-16,19H,4,9-11H2,1-3H3/t12-,15+,16-/m1/s1. The summed E-state index contributed by atoms with van der Waals surface area (Å²) in [6.07, 6.45) is 2.07. The zero-order valence-electron chi connectivity index (χ0n) is 13.5. The molecule has 5 heteroatoms. The monoisotopic (exact) mass is 308 g/mol. The average Bonchev–Trinajstić information content (AvgIpc) is 2.97. The molecular formula is C17H25FN2O2. The molecule has 0 aliphatic carbocycles. The molecule has 1 heterocycles. The molecule has 0 unspecified atom stereocenters. The summed E-state index contributed by atoms with van der Waals surface area (Å²) in [5.74, 6) is -0.168. The van der Waals surface area contributed by atoms with Crippen molar-refractivity contribution in [1.82, 2.24) is 10.2 Å². The van der Waals surface area contributed by atoms with E-state index in [9.17, 15) is 9.18 Å². The lowest BCUT2D eigenvalue weighted by Gasteiger charge is -2.21. The summed E-state index contributed by atoms with van der Waals surface area (Å²) in [4.78, 5) is 13.4. The minimum Gasteiger partial charge on any atom is -0.364 e. The lowest BCUT2D eigenvalue weighted by molar-refractivity contribution is -0.140. The van der Waals surface area contributed by atoms with Crippen LogP contribution in [-0.2, 0) is 9.53 Å². The molecule has 1 saturated heterocycles. The van der Waals surface area contributed by atoms with Crippen molar-refractivity contribution in [3.8, 4) is 0 Å². The second kappa shape index (κ2) is 7.70. The van der Waals surface area contributed by atoms with Gasteiger partial charge in [-0.3, -0.25) is 4.79 Å². The lowest BCUT2D eigenvalue weighted by Crippen LogP contribution is -2.36. The van der Waals surface area contributed by atoms with Gasteiger partial charge in [0.15, 0.2) is 0 Å². The highest BCUT2D eigenvalue weighted by molar-refractivity contribution is 5.80. The first kappa shape index (κ1) is 16.9. The van der Waals surface area contributed by atoms with Crippen LogP contribution in [0, 0.1) is 5.82 Å². The maximum absolute atomic E-state index is 13.9. The predicted octanol–water partition coefficient (Wildman–Crippen LogP) is 2.50. The Balaban J connectivity index is 1.87. The Morgan fingerprint density at radius 3 is 2.77 bits per heavy atom. The van der Waals surface area contributed by atoms with Gasteiger partial charge < -0.3 is 15.0 Å². The molecule has 1 aromatic rings. The zero-order valence-corrected chi connectivity index (χ0v) is 13.5. The molecule has 0 spiro atoms. The van der Waals surface area contributed by atoms with Gasteiger partial charge in [0.25, 0.3) is 5.91 Å². The van der Waals surface area contributed by atoms with Gasteiger partial charge in [-0.15, -0.1) is 0 Å². The third kappa shape index (κ3) is 4.05. The van der Waals surface area contributed by atoms with Crippen LogP contribution in [0.4, 0.5) is 4.39 Å². The molecule has 1 aliphatic heterocycles. The van der Waals surface area contributed by atoms with Gasteiger partial charge in [-0.05, 0) is 25.3 Å². The predicted molar refractivity (Wildman–Crippen MR) is 84.0 cm³/mol. The first-order chi connectivity index (χ1) is 10.5. The number of nitrogens with zero attached hydrogens (tertiary/aromatic N) is 1. The fourth-order valence-electron chi connectivity index (χ4n) is 2.83. The maximum Gasteiger partial charge on any atom is 0.251 e. The Hall–Kier alpha value is -1.46. The van der Waals surface area contributed by atoms with Crippen LogP contribution in [0.15, 0.2) is 24.3 Å². The third-order valence-electron chi connectivity index (χ3n) is 4.10. The lowest BCUT2D eigenvalue weighted by atomic mass is 10.0. The van der Waals surface area contributed by atoms with E-state index in [1.54, 1.807) is 25.1 Å². The number of ether oxygens (including phenoxy) is 1. The highest BCUT2D eigenvalue weighted by Gasteiger charge is 2.31. The van der Waals surface area contributed by atoms with Crippen LogP contribution in [0.1, 0.15) is 37.8 Å². The number of likely N-dealkylation sites (N-methyl/N-ethyl adjacent to an activating group) is 1. The number of benzene rings is 1. The van der Waals surface area contributed by atoms with Crippen LogP contribution in [0.25, 0.3) is 0 Å². The van der Waals surface area contributed by atoms with E-state index in [2.05, 4.69) is 5.32 Å². The smallest absolute Gasteiger partial charge is 0.251 e. The number of carbonyl (C=O) groups is 1. The Bertz CT molecular complexity index is 507. The largest absolute Gasteiger partial charge is 0.364 e. The van der Waals surface area contributed by atoms with Crippen LogP contribution < -0.4 is 5.32 Å².